The highest BCUT2D eigenvalue weighted by atomic mass is 79.9. The zero-order valence-corrected chi connectivity index (χ0v) is 13.3. The van der Waals surface area contributed by atoms with Gasteiger partial charge in [-0.3, -0.25) is 5.43 Å². The Morgan fingerprint density at radius 1 is 1.50 bits per heavy atom. The van der Waals surface area contributed by atoms with E-state index in [-0.39, 0.29) is 0 Å². The molecule has 112 valence electrons. The summed E-state index contributed by atoms with van der Waals surface area (Å²) in [6, 6.07) is 0. The molecule has 0 aliphatic heterocycles. The van der Waals surface area contributed by atoms with Crippen molar-refractivity contribution in [1.29, 1.82) is 0 Å². The van der Waals surface area contributed by atoms with Gasteiger partial charge in [0, 0.05) is 12.7 Å². The summed E-state index contributed by atoms with van der Waals surface area (Å²) in [5, 5.41) is 13.8. The van der Waals surface area contributed by atoms with Crippen molar-refractivity contribution in [3.8, 4) is 0 Å². The molecule has 2 rings (SSSR count). The molecule has 1 aliphatic carbocycles. The van der Waals surface area contributed by atoms with E-state index in [2.05, 4.69) is 43.6 Å². The average molecular weight is 344 g/mol. The lowest BCUT2D eigenvalue weighted by molar-refractivity contribution is 0.00222. The van der Waals surface area contributed by atoms with E-state index in [1.165, 1.54) is 6.42 Å². The quantitative estimate of drug-likeness (QED) is 0.483. The number of nitrogens with one attached hydrogen (secondary N) is 2. The normalized spacial score (nSPS) is 26.3. The zero-order chi connectivity index (χ0) is 14.6. The molecule has 1 heterocycles. The van der Waals surface area contributed by atoms with Crippen molar-refractivity contribution >= 4 is 27.7 Å². The predicted molar refractivity (Wildman–Crippen MR) is 83.2 cm³/mol. The van der Waals surface area contributed by atoms with Gasteiger partial charge in [-0.15, -0.1) is 0 Å². The molecule has 20 heavy (non-hydrogen) atoms. The summed E-state index contributed by atoms with van der Waals surface area (Å²) in [6.45, 7) is 2.70. The van der Waals surface area contributed by atoms with E-state index in [0.29, 0.717) is 18.3 Å². The maximum atomic E-state index is 10.6. The molecule has 0 amide bonds. The number of aliphatic hydroxyl groups is 1. The first-order valence-corrected chi connectivity index (χ1v) is 7.81. The second-order valence-electron chi connectivity index (χ2n) is 5.46. The van der Waals surface area contributed by atoms with Crippen LogP contribution in [0.4, 0.5) is 11.8 Å². The van der Waals surface area contributed by atoms with E-state index < -0.39 is 5.60 Å². The van der Waals surface area contributed by atoms with Crippen LogP contribution in [0.1, 0.15) is 39.0 Å². The maximum absolute atomic E-state index is 10.6. The van der Waals surface area contributed by atoms with Crippen LogP contribution in [-0.4, -0.2) is 27.2 Å². The molecule has 7 heteroatoms. The summed E-state index contributed by atoms with van der Waals surface area (Å²) in [5.74, 6) is 7.04. The second-order valence-corrected chi connectivity index (χ2v) is 6.32. The van der Waals surface area contributed by atoms with Crippen LogP contribution in [0.3, 0.4) is 0 Å². The predicted octanol–water partition coefficient (Wildman–Crippen LogP) is 2.27. The number of halogens is 1. The largest absolute Gasteiger partial charge is 0.388 e. The molecular formula is C13H22BrN5O. The van der Waals surface area contributed by atoms with Crippen LogP contribution in [0.15, 0.2) is 10.7 Å². The fourth-order valence-corrected chi connectivity index (χ4v) is 2.94. The van der Waals surface area contributed by atoms with Gasteiger partial charge in [-0.25, -0.2) is 10.8 Å². The molecule has 1 aromatic rings. The fourth-order valence-electron chi connectivity index (χ4n) is 2.61. The van der Waals surface area contributed by atoms with Crippen molar-refractivity contribution in [1.82, 2.24) is 9.97 Å². The van der Waals surface area contributed by atoms with Gasteiger partial charge >= 0.3 is 0 Å². The van der Waals surface area contributed by atoms with Gasteiger partial charge in [0.2, 0.25) is 5.95 Å². The third kappa shape index (κ3) is 3.80. The Hall–Kier alpha value is -0.920. The van der Waals surface area contributed by atoms with Crippen LogP contribution in [0.2, 0.25) is 0 Å². The van der Waals surface area contributed by atoms with Gasteiger partial charge in [0.15, 0.2) is 0 Å². The number of hydrogen-bond acceptors (Lipinski definition) is 6. The number of rotatable bonds is 5. The Bertz CT molecular complexity index is 448. The Morgan fingerprint density at radius 3 is 2.80 bits per heavy atom. The molecule has 6 nitrogen and oxygen atoms in total. The summed E-state index contributed by atoms with van der Waals surface area (Å²) >= 11 is 3.39. The number of nitrogens with zero attached hydrogens (tertiary/aromatic N) is 2. The molecule has 5 N–H and O–H groups in total. The van der Waals surface area contributed by atoms with E-state index in [1.807, 2.05) is 0 Å². The molecule has 0 radical (unpaired) electrons. The minimum atomic E-state index is -0.646. The number of nitrogen functional groups attached to an aromatic ring is 1. The first-order valence-electron chi connectivity index (χ1n) is 7.02. The van der Waals surface area contributed by atoms with E-state index in [0.717, 1.165) is 36.1 Å². The second kappa shape index (κ2) is 6.69. The molecule has 0 aromatic carbocycles. The summed E-state index contributed by atoms with van der Waals surface area (Å²) < 4.78 is 0.752. The summed E-state index contributed by atoms with van der Waals surface area (Å²) in [5.41, 5.74) is 1.76. The number of nitrogens with two attached hydrogens (primary N) is 1. The lowest BCUT2D eigenvalue weighted by Crippen LogP contribution is -2.40. The fraction of sp³-hybridized carbons (Fsp3) is 0.692. The number of hydrogen-bond donors (Lipinski definition) is 4. The van der Waals surface area contributed by atoms with Crippen LogP contribution in [-0.2, 0) is 0 Å². The van der Waals surface area contributed by atoms with Crippen LogP contribution >= 0.6 is 15.9 Å². The van der Waals surface area contributed by atoms with Crippen molar-refractivity contribution in [3.63, 3.8) is 0 Å². The first kappa shape index (κ1) is 15.5. The van der Waals surface area contributed by atoms with Gasteiger partial charge in [-0.1, -0.05) is 13.3 Å². The summed E-state index contributed by atoms with van der Waals surface area (Å²) in [6.07, 6.45) is 6.69. The van der Waals surface area contributed by atoms with Crippen LogP contribution in [0.5, 0.6) is 0 Å². The van der Waals surface area contributed by atoms with Gasteiger partial charge < -0.3 is 10.4 Å². The minimum Gasteiger partial charge on any atom is -0.388 e. The third-order valence-corrected chi connectivity index (χ3v) is 4.65. The molecule has 1 fully saturated rings. The Balaban J connectivity index is 1.95. The standard InChI is InChI=1S/C13H22BrN5O/c1-2-9-3-5-13(20,6-4-9)8-17-11-10(14)7-16-12(18-11)19-15/h7,9,20H,2-6,8,15H2,1H3,(H2,16,17,18,19). The monoisotopic (exact) mass is 343 g/mol. The highest BCUT2D eigenvalue weighted by molar-refractivity contribution is 9.10. The van der Waals surface area contributed by atoms with E-state index in [4.69, 9.17) is 5.84 Å². The molecule has 0 atom stereocenters. The van der Waals surface area contributed by atoms with Crippen molar-refractivity contribution < 1.29 is 5.11 Å². The maximum Gasteiger partial charge on any atom is 0.239 e. The van der Waals surface area contributed by atoms with Crippen molar-refractivity contribution in [2.45, 2.75) is 44.6 Å². The van der Waals surface area contributed by atoms with Crippen molar-refractivity contribution in [2.75, 3.05) is 17.3 Å². The Kier molecular flexibility index (Phi) is 5.17. The summed E-state index contributed by atoms with van der Waals surface area (Å²) in [4.78, 5) is 8.22. The van der Waals surface area contributed by atoms with Crippen molar-refractivity contribution in [3.05, 3.63) is 10.7 Å². The highest BCUT2D eigenvalue weighted by Crippen LogP contribution is 2.34. The van der Waals surface area contributed by atoms with E-state index in [1.54, 1.807) is 6.20 Å². The van der Waals surface area contributed by atoms with Gasteiger partial charge in [-0.2, -0.15) is 4.98 Å². The van der Waals surface area contributed by atoms with Crippen LogP contribution in [0.25, 0.3) is 0 Å². The average Bonchev–Trinajstić information content (AvgIpc) is 2.47. The Morgan fingerprint density at radius 2 is 2.20 bits per heavy atom. The molecule has 1 aromatic heterocycles. The molecule has 1 saturated carbocycles. The molecule has 0 bridgehead atoms. The third-order valence-electron chi connectivity index (χ3n) is 4.07. The number of hydrazine groups is 1. The lowest BCUT2D eigenvalue weighted by atomic mass is 9.78. The van der Waals surface area contributed by atoms with E-state index in [9.17, 15) is 5.11 Å². The topological polar surface area (TPSA) is 96.1 Å². The van der Waals surface area contributed by atoms with Gasteiger partial charge in [-0.05, 0) is 47.5 Å². The molecule has 0 spiro atoms. The van der Waals surface area contributed by atoms with Crippen LogP contribution in [0, 0.1) is 5.92 Å². The number of anilines is 2. The molecular weight excluding hydrogens is 322 g/mol. The van der Waals surface area contributed by atoms with E-state index >= 15 is 0 Å². The highest BCUT2D eigenvalue weighted by Gasteiger charge is 2.32. The summed E-state index contributed by atoms with van der Waals surface area (Å²) in [7, 11) is 0. The minimum absolute atomic E-state index is 0.345. The molecule has 0 saturated heterocycles. The number of aromatic nitrogens is 2. The van der Waals surface area contributed by atoms with Gasteiger partial charge in [0.1, 0.15) is 5.82 Å². The van der Waals surface area contributed by atoms with Crippen molar-refractivity contribution in [2.24, 2.45) is 11.8 Å². The zero-order valence-electron chi connectivity index (χ0n) is 11.7. The molecule has 0 unspecified atom stereocenters. The lowest BCUT2D eigenvalue weighted by Gasteiger charge is -2.36. The van der Waals surface area contributed by atoms with Gasteiger partial charge in [0.25, 0.3) is 0 Å². The SMILES string of the molecule is CCC1CCC(O)(CNc2nc(NN)ncc2Br)CC1. The first-order chi connectivity index (χ1) is 9.56. The van der Waals surface area contributed by atoms with Gasteiger partial charge in [0.05, 0.1) is 10.1 Å². The smallest absolute Gasteiger partial charge is 0.239 e. The Labute approximate surface area is 127 Å². The van der Waals surface area contributed by atoms with Crippen LogP contribution < -0.4 is 16.6 Å². The molecule has 1 aliphatic rings.